The van der Waals surface area contributed by atoms with Crippen LogP contribution in [0.5, 0.6) is 17.2 Å². The summed E-state index contributed by atoms with van der Waals surface area (Å²) in [5.41, 5.74) is -4.33. The molecule has 196 valence electrons. The quantitative estimate of drug-likeness (QED) is 0.274. The van der Waals surface area contributed by atoms with Gasteiger partial charge in [-0.2, -0.15) is 30.0 Å². The van der Waals surface area contributed by atoms with E-state index in [2.05, 4.69) is 4.18 Å². The Balaban J connectivity index is 1.90. The summed E-state index contributed by atoms with van der Waals surface area (Å²) in [5.74, 6) is -1.64. The van der Waals surface area contributed by atoms with Crippen LogP contribution in [0.15, 0.2) is 52.9 Å². The average molecular weight is 547 g/mol. The van der Waals surface area contributed by atoms with Crippen LogP contribution in [0, 0.1) is 12.8 Å². The van der Waals surface area contributed by atoms with Crippen molar-refractivity contribution in [3.63, 3.8) is 0 Å². The number of hydrogen-bond donors (Lipinski definition) is 0. The summed E-state index contributed by atoms with van der Waals surface area (Å²) in [7, 11) is -10.5. The Hall–Kier alpha value is -2.73. The lowest BCUT2D eigenvalue weighted by molar-refractivity contribution is -0.0500. The fraction of sp³-hybridized carbons (Fsp3) is 0.417. The van der Waals surface area contributed by atoms with Crippen LogP contribution in [0.4, 0.5) is 13.2 Å². The van der Waals surface area contributed by atoms with Gasteiger partial charge in [-0.1, -0.05) is 29.3 Å². The van der Waals surface area contributed by atoms with E-state index in [1.807, 2.05) is 26.8 Å². The second-order valence-corrected chi connectivity index (χ2v) is 12.6. The highest BCUT2D eigenvalue weighted by atomic mass is 32.2. The van der Waals surface area contributed by atoms with Gasteiger partial charge in [0.25, 0.3) is 0 Å². The van der Waals surface area contributed by atoms with Gasteiger partial charge in [0.15, 0.2) is 5.75 Å². The van der Waals surface area contributed by atoms with Crippen molar-refractivity contribution in [2.24, 2.45) is 5.92 Å². The number of allylic oxidation sites excluding steroid dienone is 2. The number of alkyl halides is 3. The molecule has 2 atom stereocenters. The van der Waals surface area contributed by atoms with E-state index in [0.29, 0.717) is 5.56 Å². The van der Waals surface area contributed by atoms with Gasteiger partial charge in [-0.15, -0.1) is 0 Å². The van der Waals surface area contributed by atoms with Gasteiger partial charge in [0, 0.05) is 29.5 Å². The van der Waals surface area contributed by atoms with Crippen LogP contribution in [0.25, 0.3) is 0 Å². The molecule has 36 heavy (non-hydrogen) atoms. The number of ether oxygens (including phenoxy) is 1. The van der Waals surface area contributed by atoms with Crippen LogP contribution in [0.2, 0.25) is 0 Å². The minimum atomic E-state index is -6.03. The maximum absolute atomic E-state index is 13.1. The summed E-state index contributed by atoms with van der Waals surface area (Å²) in [5, 5.41) is 0. The molecular formula is C24H25F3O7S2. The SMILES string of the molecule is CC1=CC2c3c(cc(OS(=O)(=O)C(F)(F)F)cc3OS(=O)(=O)c3ccc(C)cc3)OC(C)(C)C2CC1. The van der Waals surface area contributed by atoms with Gasteiger partial charge in [-0.05, 0) is 52.7 Å². The fourth-order valence-corrected chi connectivity index (χ4v) is 6.03. The fourth-order valence-electron chi connectivity index (χ4n) is 4.64. The number of hydrogen-bond acceptors (Lipinski definition) is 7. The van der Waals surface area contributed by atoms with Gasteiger partial charge in [0.2, 0.25) is 0 Å². The van der Waals surface area contributed by atoms with E-state index in [4.69, 9.17) is 8.92 Å². The first-order valence-electron chi connectivity index (χ1n) is 11.1. The number of benzene rings is 2. The second kappa shape index (κ2) is 8.69. The zero-order chi connectivity index (χ0) is 26.7. The number of aryl methyl sites for hydroxylation is 1. The Morgan fingerprint density at radius 2 is 1.64 bits per heavy atom. The number of rotatable bonds is 5. The Morgan fingerprint density at radius 1 is 1.00 bits per heavy atom. The molecule has 12 heteroatoms. The van der Waals surface area contributed by atoms with Crippen LogP contribution >= 0.6 is 0 Å². The lowest BCUT2D eigenvalue weighted by atomic mass is 9.68. The molecule has 0 radical (unpaired) electrons. The summed E-state index contributed by atoms with van der Waals surface area (Å²) < 4.78 is 104. The molecule has 1 heterocycles. The predicted molar refractivity (Wildman–Crippen MR) is 125 cm³/mol. The van der Waals surface area contributed by atoms with Gasteiger partial charge in [0.1, 0.15) is 22.0 Å². The van der Waals surface area contributed by atoms with E-state index in [9.17, 15) is 30.0 Å². The topological polar surface area (TPSA) is 96.0 Å². The van der Waals surface area contributed by atoms with Crippen molar-refractivity contribution in [2.45, 2.75) is 62.5 Å². The second-order valence-electron chi connectivity index (χ2n) is 9.56. The molecule has 0 aromatic heterocycles. The molecule has 7 nitrogen and oxygen atoms in total. The third-order valence-electron chi connectivity index (χ3n) is 6.42. The van der Waals surface area contributed by atoms with E-state index in [0.717, 1.165) is 36.1 Å². The molecule has 0 saturated carbocycles. The molecule has 0 amide bonds. The molecule has 0 saturated heterocycles. The largest absolute Gasteiger partial charge is 0.534 e. The zero-order valence-electron chi connectivity index (χ0n) is 19.9. The predicted octanol–water partition coefficient (Wildman–Crippen LogP) is 5.60. The van der Waals surface area contributed by atoms with Crippen molar-refractivity contribution in [3.8, 4) is 17.2 Å². The lowest BCUT2D eigenvalue weighted by Gasteiger charge is -2.46. The normalized spacial score (nSPS) is 21.5. The van der Waals surface area contributed by atoms with Crippen molar-refractivity contribution in [3.05, 3.63) is 59.2 Å². The monoisotopic (exact) mass is 546 g/mol. The Morgan fingerprint density at radius 3 is 2.25 bits per heavy atom. The van der Waals surface area contributed by atoms with E-state index < -0.39 is 37.1 Å². The summed E-state index contributed by atoms with van der Waals surface area (Å²) in [6.45, 7) is 7.32. The number of halogens is 3. The van der Waals surface area contributed by atoms with E-state index in [1.165, 1.54) is 12.1 Å². The van der Waals surface area contributed by atoms with Crippen molar-refractivity contribution in [1.82, 2.24) is 0 Å². The molecule has 0 spiro atoms. The minimum Gasteiger partial charge on any atom is -0.487 e. The van der Waals surface area contributed by atoms with E-state index >= 15 is 0 Å². The van der Waals surface area contributed by atoms with Gasteiger partial charge < -0.3 is 13.1 Å². The highest BCUT2D eigenvalue weighted by Gasteiger charge is 2.50. The molecule has 1 aliphatic carbocycles. The first kappa shape index (κ1) is 26.3. The third-order valence-corrected chi connectivity index (χ3v) is 8.65. The third kappa shape index (κ3) is 4.93. The average Bonchev–Trinajstić information content (AvgIpc) is 2.71. The molecular weight excluding hydrogens is 521 g/mol. The smallest absolute Gasteiger partial charge is 0.487 e. The molecule has 2 unspecified atom stereocenters. The Kier molecular flexibility index (Phi) is 6.35. The number of fused-ring (bicyclic) bond motifs is 3. The molecule has 1 aliphatic heterocycles. The van der Waals surface area contributed by atoms with Gasteiger partial charge in [-0.3, -0.25) is 0 Å². The minimum absolute atomic E-state index is 0.0174. The maximum atomic E-state index is 13.1. The van der Waals surface area contributed by atoms with Crippen molar-refractivity contribution >= 4 is 20.2 Å². The van der Waals surface area contributed by atoms with E-state index in [-0.39, 0.29) is 28.2 Å². The van der Waals surface area contributed by atoms with Crippen LogP contribution in [-0.4, -0.2) is 27.9 Å². The van der Waals surface area contributed by atoms with Crippen molar-refractivity contribution < 1.29 is 43.1 Å². The first-order valence-corrected chi connectivity index (χ1v) is 13.9. The lowest BCUT2D eigenvalue weighted by Crippen LogP contribution is -2.45. The van der Waals surface area contributed by atoms with Crippen molar-refractivity contribution in [1.29, 1.82) is 0 Å². The summed E-state index contributed by atoms with van der Waals surface area (Å²) in [4.78, 5) is -0.181. The molecule has 2 aliphatic rings. The molecule has 2 aromatic carbocycles. The summed E-state index contributed by atoms with van der Waals surface area (Å²) >= 11 is 0. The molecule has 0 fully saturated rings. The van der Waals surface area contributed by atoms with Crippen LogP contribution < -0.4 is 13.1 Å². The summed E-state index contributed by atoms with van der Waals surface area (Å²) in [6, 6.07) is 7.65. The first-order chi connectivity index (χ1) is 16.5. The summed E-state index contributed by atoms with van der Waals surface area (Å²) in [6.07, 6.45) is 3.48. The van der Waals surface area contributed by atoms with Gasteiger partial charge in [-0.25, -0.2) is 0 Å². The van der Waals surface area contributed by atoms with E-state index in [1.54, 1.807) is 19.1 Å². The van der Waals surface area contributed by atoms with Crippen molar-refractivity contribution in [2.75, 3.05) is 0 Å². The highest BCUT2D eigenvalue weighted by molar-refractivity contribution is 7.88. The molecule has 2 aromatic rings. The van der Waals surface area contributed by atoms with Gasteiger partial charge in [0.05, 0.1) is 0 Å². The standard InChI is InChI=1S/C24H25F3O7S2/c1-14-5-8-17(9-6-14)35(28,29)34-21-13-16(33-36(30,31)24(25,26)27)12-20-22(21)18-11-15(2)7-10-19(18)23(3,4)32-20/h5-6,8-9,11-13,18-19H,7,10H2,1-4H3. The van der Waals surface area contributed by atoms with Crippen LogP contribution in [0.3, 0.4) is 0 Å². The molecule has 4 rings (SSSR count). The zero-order valence-corrected chi connectivity index (χ0v) is 21.6. The Bertz CT molecular complexity index is 1430. The van der Waals surface area contributed by atoms with Crippen LogP contribution in [0.1, 0.15) is 50.7 Å². The molecule has 0 bridgehead atoms. The highest BCUT2D eigenvalue weighted by Crippen LogP contribution is 2.55. The maximum Gasteiger partial charge on any atom is 0.534 e. The Labute approximate surface area is 208 Å². The van der Waals surface area contributed by atoms with Crippen LogP contribution in [-0.2, 0) is 20.2 Å². The van der Waals surface area contributed by atoms with Gasteiger partial charge >= 0.3 is 25.7 Å². The molecule has 0 N–H and O–H groups in total.